The fourth-order valence-electron chi connectivity index (χ4n) is 2.83. The first kappa shape index (κ1) is 14.0. The monoisotopic (exact) mass is 309 g/mol. The molecule has 1 saturated heterocycles. The Morgan fingerprint density at radius 2 is 1.87 bits per heavy atom. The number of ether oxygens (including phenoxy) is 1. The first-order chi connectivity index (χ1) is 11.3. The molecule has 0 saturated carbocycles. The van der Waals surface area contributed by atoms with Crippen LogP contribution in [0.3, 0.4) is 0 Å². The Morgan fingerprint density at radius 1 is 1.09 bits per heavy atom. The van der Waals surface area contributed by atoms with Crippen molar-refractivity contribution in [3.05, 3.63) is 42.6 Å². The minimum atomic E-state index is 0.734. The molecular weight excluding hydrogens is 290 g/mol. The molecule has 6 nitrogen and oxygen atoms in total. The van der Waals surface area contributed by atoms with Crippen LogP contribution in [0.2, 0.25) is 0 Å². The Kier molecular flexibility index (Phi) is 3.59. The fraction of sp³-hybridized carbons (Fsp3) is 0.294. The van der Waals surface area contributed by atoms with Crippen molar-refractivity contribution in [2.75, 3.05) is 43.6 Å². The zero-order valence-corrected chi connectivity index (χ0v) is 13.1. The number of aromatic nitrogens is 3. The summed E-state index contributed by atoms with van der Waals surface area (Å²) in [6.45, 7) is 3.19. The second-order valence-corrected chi connectivity index (χ2v) is 5.52. The lowest BCUT2D eigenvalue weighted by Gasteiger charge is -2.28. The van der Waals surface area contributed by atoms with Gasteiger partial charge in [-0.1, -0.05) is 0 Å². The first-order valence-corrected chi connectivity index (χ1v) is 7.81. The second-order valence-electron chi connectivity index (χ2n) is 5.52. The van der Waals surface area contributed by atoms with E-state index in [-0.39, 0.29) is 0 Å². The van der Waals surface area contributed by atoms with Gasteiger partial charge in [0.05, 0.1) is 13.2 Å². The summed E-state index contributed by atoms with van der Waals surface area (Å²) in [6.07, 6.45) is 1.96. The average molecular weight is 309 g/mol. The summed E-state index contributed by atoms with van der Waals surface area (Å²) in [4.78, 5) is 7.11. The van der Waals surface area contributed by atoms with Gasteiger partial charge in [0, 0.05) is 37.6 Å². The first-order valence-electron chi connectivity index (χ1n) is 7.81. The van der Waals surface area contributed by atoms with E-state index in [9.17, 15) is 0 Å². The smallest absolute Gasteiger partial charge is 0.182 e. The molecule has 1 aromatic carbocycles. The van der Waals surface area contributed by atoms with Crippen LogP contribution in [0.1, 0.15) is 0 Å². The number of nitrogens with one attached hydrogen (secondary N) is 1. The third-order valence-electron chi connectivity index (χ3n) is 4.11. The van der Waals surface area contributed by atoms with Crippen LogP contribution >= 0.6 is 0 Å². The Hall–Kier alpha value is -2.60. The van der Waals surface area contributed by atoms with Crippen molar-refractivity contribution in [1.29, 1.82) is 0 Å². The maximum absolute atomic E-state index is 5.46. The Labute approximate surface area is 134 Å². The Bertz CT molecular complexity index is 805. The van der Waals surface area contributed by atoms with Gasteiger partial charge in [0.2, 0.25) is 0 Å². The summed E-state index contributed by atoms with van der Waals surface area (Å²) < 4.78 is 7.36. The molecule has 1 fully saturated rings. The van der Waals surface area contributed by atoms with Crippen molar-refractivity contribution in [2.24, 2.45) is 0 Å². The molecule has 0 atom stereocenters. The zero-order chi connectivity index (χ0) is 15.6. The molecule has 0 amide bonds. The quantitative estimate of drug-likeness (QED) is 0.804. The van der Waals surface area contributed by atoms with Gasteiger partial charge in [-0.05, 0) is 36.4 Å². The van der Waals surface area contributed by atoms with E-state index in [1.54, 1.807) is 0 Å². The summed E-state index contributed by atoms with van der Waals surface area (Å²) >= 11 is 0. The van der Waals surface area contributed by atoms with Crippen molar-refractivity contribution in [1.82, 2.24) is 14.6 Å². The summed E-state index contributed by atoms with van der Waals surface area (Å²) in [6, 6.07) is 12.2. The van der Waals surface area contributed by atoms with Crippen LogP contribution in [0.15, 0.2) is 42.6 Å². The third kappa shape index (κ3) is 2.61. The molecule has 0 bridgehead atoms. The SMILES string of the molecule is CNc1ccc(-c2nc(N3CCOCC3)c3cccn3n2)cc1. The molecule has 1 aliphatic rings. The van der Waals surface area contributed by atoms with Crippen molar-refractivity contribution < 1.29 is 4.74 Å². The number of nitrogens with zero attached hydrogens (tertiary/aromatic N) is 4. The van der Waals surface area contributed by atoms with Gasteiger partial charge in [0.15, 0.2) is 11.6 Å². The molecular formula is C17H19N5O. The maximum atomic E-state index is 5.46. The molecule has 1 aliphatic heterocycles. The zero-order valence-electron chi connectivity index (χ0n) is 13.1. The van der Waals surface area contributed by atoms with Gasteiger partial charge in [-0.25, -0.2) is 9.50 Å². The predicted molar refractivity (Wildman–Crippen MR) is 91.0 cm³/mol. The van der Waals surface area contributed by atoms with E-state index in [2.05, 4.69) is 21.4 Å². The van der Waals surface area contributed by atoms with E-state index in [1.165, 1.54) is 0 Å². The highest BCUT2D eigenvalue weighted by Crippen LogP contribution is 2.25. The van der Waals surface area contributed by atoms with Gasteiger partial charge in [0.25, 0.3) is 0 Å². The molecule has 118 valence electrons. The molecule has 2 aromatic heterocycles. The van der Waals surface area contributed by atoms with Gasteiger partial charge in [-0.3, -0.25) is 0 Å². The highest BCUT2D eigenvalue weighted by molar-refractivity contribution is 5.72. The number of hydrogen-bond donors (Lipinski definition) is 1. The van der Waals surface area contributed by atoms with Gasteiger partial charge >= 0.3 is 0 Å². The van der Waals surface area contributed by atoms with Crippen LogP contribution in [-0.4, -0.2) is 47.9 Å². The van der Waals surface area contributed by atoms with Crippen LogP contribution in [0.5, 0.6) is 0 Å². The van der Waals surface area contributed by atoms with Crippen molar-refractivity contribution >= 4 is 17.0 Å². The lowest BCUT2D eigenvalue weighted by atomic mass is 10.2. The van der Waals surface area contributed by atoms with Crippen LogP contribution in [0.25, 0.3) is 16.9 Å². The van der Waals surface area contributed by atoms with Gasteiger partial charge in [-0.2, -0.15) is 0 Å². The highest BCUT2D eigenvalue weighted by atomic mass is 16.5. The minimum absolute atomic E-state index is 0.734. The van der Waals surface area contributed by atoms with Crippen LogP contribution in [-0.2, 0) is 4.74 Å². The molecule has 0 aliphatic carbocycles. The van der Waals surface area contributed by atoms with Gasteiger partial charge < -0.3 is 15.0 Å². The number of morpholine rings is 1. The van der Waals surface area contributed by atoms with Crippen molar-refractivity contribution in [2.45, 2.75) is 0 Å². The molecule has 4 rings (SSSR count). The van der Waals surface area contributed by atoms with Gasteiger partial charge in [0.1, 0.15) is 5.52 Å². The molecule has 0 spiro atoms. The van der Waals surface area contributed by atoms with E-state index < -0.39 is 0 Å². The Balaban J connectivity index is 1.80. The van der Waals surface area contributed by atoms with Crippen LogP contribution in [0.4, 0.5) is 11.5 Å². The number of hydrogen-bond acceptors (Lipinski definition) is 5. The normalized spacial score (nSPS) is 15.1. The summed E-state index contributed by atoms with van der Waals surface area (Å²) in [5, 5.41) is 7.77. The molecule has 3 aromatic rings. The second kappa shape index (κ2) is 5.89. The van der Waals surface area contributed by atoms with Crippen LogP contribution in [0, 0.1) is 0 Å². The lowest BCUT2D eigenvalue weighted by Crippen LogP contribution is -2.37. The van der Waals surface area contributed by atoms with E-state index in [0.29, 0.717) is 0 Å². The summed E-state index contributed by atoms with van der Waals surface area (Å²) in [5.74, 6) is 1.71. The molecule has 6 heteroatoms. The number of benzene rings is 1. The standard InChI is InChI=1S/C17H19N5O/c1-18-14-6-4-13(5-7-14)16-19-17(21-9-11-23-12-10-21)15-3-2-8-22(15)20-16/h2-8,18H,9-12H2,1H3. The van der Waals surface area contributed by atoms with E-state index in [0.717, 1.165) is 54.7 Å². The number of rotatable bonds is 3. The van der Waals surface area contributed by atoms with E-state index >= 15 is 0 Å². The largest absolute Gasteiger partial charge is 0.388 e. The predicted octanol–water partition coefficient (Wildman–Crippen LogP) is 2.27. The molecule has 0 unspecified atom stereocenters. The lowest BCUT2D eigenvalue weighted by molar-refractivity contribution is 0.122. The molecule has 23 heavy (non-hydrogen) atoms. The fourth-order valence-corrected chi connectivity index (χ4v) is 2.83. The van der Waals surface area contributed by atoms with Crippen molar-refractivity contribution in [3.8, 4) is 11.4 Å². The third-order valence-corrected chi connectivity index (χ3v) is 4.11. The van der Waals surface area contributed by atoms with E-state index in [4.69, 9.17) is 9.72 Å². The Morgan fingerprint density at radius 3 is 2.61 bits per heavy atom. The molecule has 1 N–H and O–H groups in total. The molecule has 3 heterocycles. The van der Waals surface area contributed by atoms with Gasteiger partial charge in [-0.15, -0.1) is 5.10 Å². The average Bonchev–Trinajstić information content (AvgIpc) is 3.10. The topological polar surface area (TPSA) is 54.7 Å². The molecule has 0 radical (unpaired) electrons. The highest BCUT2D eigenvalue weighted by Gasteiger charge is 2.18. The minimum Gasteiger partial charge on any atom is -0.388 e. The van der Waals surface area contributed by atoms with Crippen LogP contribution < -0.4 is 10.2 Å². The number of anilines is 2. The van der Waals surface area contributed by atoms with E-state index in [1.807, 2.05) is 48.1 Å². The summed E-state index contributed by atoms with van der Waals surface area (Å²) in [7, 11) is 1.91. The van der Waals surface area contributed by atoms with Crippen molar-refractivity contribution in [3.63, 3.8) is 0 Å². The summed E-state index contributed by atoms with van der Waals surface area (Å²) in [5.41, 5.74) is 3.11. The number of fused-ring (bicyclic) bond motifs is 1. The maximum Gasteiger partial charge on any atom is 0.182 e.